The van der Waals surface area contributed by atoms with E-state index in [1.807, 2.05) is 20.8 Å². The van der Waals surface area contributed by atoms with Crippen LogP contribution in [0.5, 0.6) is 5.75 Å². The first-order valence-corrected chi connectivity index (χ1v) is 7.47. The van der Waals surface area contributed by atoms with Crippen molar-refractivity contribution in [2.45, 2.75) is 32.6 Å². The average Bonchev–Trinajstić information content (AvgIpc) is 2.32. The predicted octanol–water partition coefficient (Wildman–Crippen LogP) is 2.34. The molecule has 0 saturated carbocycles. The van der Waals surface area contributed by atoms with Gasteiger partial charge in [-0.15, -0.1) is 0 Å². The van der Waals surface area contributed by atoms with Crippen LogP contribution in [0.4, 0.5) is 0 Å². The molecule has 0 aromatic heterocycles. The molecule has 1 aromatic rings. The molecule has 0 bridgehead atoms. The minimum atomic E-state index is -3.40. The molecule has 0 radical (unpaired) electrons. The Balaban J connectivity index is 3.38. The van der Waals surface area contributed by atoms with Crippen LogP contribution >= 0.6 is 0 Å². The summed E-state index contributed by atoms with van der Waals surface area (Å²) in [7, 11) is -1.82. The zero-order chi connectivity index (χ0) is 13.9. The van der Waals surface area contributed by atoms with E-state index in [1.54, 1.807) is 26.2 Å². The second-order valence-corrected chi connectivity index (χ2v) is 6.08. The molecule has 0 heterocycles. The highest BCUT2D eigenvalue weighted by Gasteiger charge is 2.24. The van der Waals surface area contributed by atoms with E-state index in [0.717, 1.165) is 5.56 Å². The largest absolute Gasteiger partial charge is 0.496 e. The van der Waals surface area contributed by atoms with Crippen molar-refractivity contribution in [3.05, 3.63) is 23.3 Å². The highest BCUT2D eigenvalue weighted by Crippen LogP contribution is 2.27. The Labute approximate surface area is 110 Å². The van der Waals surface area contributed by atoms with Gasteiger partial charge >= 0.3 is 0 Å². The predicted molar refractivity (Wildman–Crippen MR) is 72.6 cm³/mol. The van der Waals surface area contributed by atoms with Gasteiger partial charge in [-0.3, -0.25) is 0 Å². The smallest absolute Gasteiger partial charge is 0.243 e. The van der Waals surface area contributed by atoms with Crippen LogP contribution in [-0.2, 0) is 10.0 Å². The van der Waals surface area contributed by atoms with Crippen molar-refractivity contribution in [3.63, 3.8) is 0 Å². The molecule has 0 atom stereocenters. The second kappa shape index (κ2) is 5.71. The van der Waals surface area contributed by atoms with E-state index in [2.05, 4.69) is 0 Å². The SMILES string of the molecule is CCN(CC)S(=O)(=O)c1cc(C)c(OC)cc1C. The minimum absolute atomic E-state index is 0.365. The Morgan fingerprint density at radius 1 is 1.11 bits per heavy atom. The Morgan fingerprint density at radius 3 is 2.11 bits per heavy atom. The molecule has 102 valence electrons. The Hall–Kier alpha value is -1.07. The van der Waals surface area contributed by atoms with E-state index in [-0.39, 0.29) is 0 Å². The summed E-state index contributed by atoms with van der Waals surface area (Å²) in [5, 5.41) is 0. The van der Waals surface area contributed by atoms with Crippen molar-refractivity contribution in [1.29, 1.82) is 0 Å². The monoisotopic (exact) mass is 271 g/mol. The third kappa shape index (κ3) is 2.67. The summed E-state index contributed by atoms with van der Waals surface area (Å²) in [5.41, 5.74) is 1.54. The van der Waals surface area contributed by atoms with Crippen LogP contribution < -0.4 is 4.74 Å². The Morgan fingerprint density at radius 2 is 1.67 bits per heavy atom. The minimum Gasteiger partial charge on any atom is -0.496 e. The molecule has 4 nitrogen and oxygen atoms in total. The molecule has 1 aromatic carbocycles. The Bertz CT molecular complexity index is 519. The zero-order valence-electron chi connectivity index (χ0n) is 11.6. The molecular weight excluding hydrogens is 250 g/mol. The van der Waals surface area contributed by atoms with Crippen LogP contribution in [0.2, 0.25) is 0 Å². The van der Waals surface area contributed by atoms with E-state index < -0.39 is 10.0 Å². The average molecular weight is 271 g/mol. The van der Waals surface area contributed by atoms with Gasteiger partial charge in [0, 0.05) is 13.1 Å². The number of rotatable bonds is 5. The normalized spacial score (nSPS) is 11.9. The summed E-state index contributed by atoms with van der Waals surface area (Å²) < 4.78 is 31.6. The molecule has 0 amide bonds. The highest BCUT2D eigenvalue weighted by molar-refractivity contribution is 7.89. The van der Waals surface area contributed by atoms with Crippen LogP contribution in [0.3, 0.4) is 0 Å². The lowest BCUT2D eigenvalue weighted by molar-refractivity contribution is 0.410. The summed E-state index contributed by atoms with van der Waals surface area (Å²) in [6.07, 6.45) is 0. The van der Waals surface area contributed by atoms with Gasteiger partial charge in [0.25, 0.3) is 0 Å². The molecule has 1 rings (SSSR count). The summed E-state index contributed by atoms with van der Waals surface area (Å²) in [6.45, 7) is 8.27. The van der Waals surface area contributed by atoms with Gasteiger partial charge in [0.2, 0.25) is 10.0 Å². The molecule has 0 N–H and O–H groups in total. The fourth-order valence-electron chi connectivity index (χ4n) is 1.96. The van der Waals surface area contributed by atoms with Crippen molar-refractivity contribution in [2.75, 3.05) is 20.2 Å². The van der Waals surface area contributed by atoms with Crippen molar-refractivity contribution in [3.8, 4) is 5.75 Å². The lowest BCUT2D eigenvalue weighted by Gasteiger charge is -2.20. The van der Waals surface area contributed by atoms with Gasteiger partial charge in [0.1, 0.15) is 5.75 Å². The highest BCUT2D eigenvalue weighted by atomic mass is 32.2. The summed E-state index contributed by atoms with van der Waals surface area (Å²) in [5.74, 6) is 0.714. The maximum atomic E-state index is 12.5. The van der Waals surface area contributed by atoms with Crippen molar-refractivity contribution >= 4 is 10.0 Å². The topological polar surface area (TPSA) is 46.6 Å². The third-order valence-corrected chi connectivity index (χ3v) is 5.21. The molecular formula is C13H21NO3S. The van der Waals surface area contributed by atoms with Gasteiger partial charge in [0.15, 0.2) is 0 Å². The maximum absolute atomic E-state index is 12.5. The molecule has 0 saturated heterocycles. The van der Waals surface area contributed by atoms with Crippen molar-refractivity contribution in [2.24, 2.45) is 0 Å². The van der Waals surface area contributed by atoms with Crippen LogP contribution in [0, 0.1) is 13.8 Å². The van der Waals surface area contributed by atoms with Crippen LogP contribution in [0.1, 0.15) is 25.0 Å². The van der Waals surface area contributed by atoms with E-state index in [9.17, 15) is 8.42 Å². The first-order valence-electron chi connectivity index (χ1n) is 6.03. The number of methoxy groups -OCH3 is 1. The molecule has 5 heteroatoms. The number of sulfonamides is 1. The van der Waals surface area contributed by atoms with Crippen molar-refractivity contribution in [1.82, 2.24) is 4.31 Å². The van der Waals surface area contributed by atoms with Crippen LogP contribution in [-0.4, -0.2) is 32.9 Å². The summed E-state index contributed by atoms with van der Waals surface area (Å²) in [6, 6.07) is 3.45. The third-order valence-electron chi connectivity index (χ3n) is 3.02. The van der Waals surface area contributed by atoms with E-state index in [4.69, 9.17) is 4.74 Å². The molecule has 0 unspecified atom stereocenters. The number of hydrogen-bond acceptors (Lipinski definition) is 3. The quantitative estimate of drug-likeness (QED) is 0.826. The molecule has 0 aliphatic carbocycles. The lowest BCUT2D eigenvalue weighted by Crippen LogP contribution is -2.31. The Kier molecular flexibility index (Phi) is 4.76. The first kappa shape index (κ1) is 15.0. The van der Waals surface area contributed by atoms with E-state index in [1.165, 1.54) is 4.31 Å². The van der Waals surface area contributed by atoms with E-state index >= 15 is 0 Å². The maximum Gasteiger partial charge on any atom is 0.243 e. The fraction of sp³-hybridized carbons (Fsp3) is 0.538. The second-order valence-electron chi connectivity index (χ2n) is 4.18. The van der Waals surface area contributed by atoms with Crippen LogP contribution in [0.15, 0.2) is 17.0 Å². The van der Waals surface area contributed by atoms with Crippen molar-refractivity contribution < 1.29 is 13.2 Å². The summed E-state index contributed by atoms with van der Waals surface area (Å²) >= 11 is 0. The molecule has 18 heavy (non-hydrogen) atoms. The van der Waals surface area contributed by atoms with Gasteiger partial charge in [-0.05, 0) is 37.1 Å². The lowest BCUT2D eigenvalue weighted by atomic mass is 10.1. The number of nitrogens with zero attached hydrogens (tertiary/aromatic N) is 1. The first-order chi connectivity index (χ1) is 8.38. The van der Waals surface area contributed by atoms with Crippen LogP contribution in [0.25, 0.3) is 0 Å². The molecule has 0 fully saturated rings. The molecule has 0 spiro atoms. The number of aryl methyl sites for hydroxylation is 2. The van der Waals surface area contributed by atoms with Gasteiger partial charge < -0.3 is 4.74 Å². The molecule has 0 aliphatic heterocycles. The summed E-state index contributed by atoms with van der Waals surface area (Å²) in [4.78, 5) is 0.365. The number of ether oxygens (including phenoxy) is 1. The zero-order valence-corrected chi connectivity index (χ0v) is 12.5. The standard InChI is InChI=1S/C13H21NO3S/c1-6-14(7-2)18(15,16)13-9-10(3)12(17-5)8-11(13)4/h8-9H,6-7H2,1-5H3. The number of hydrogen-bond donors (Lipinski definition) is 0. The number of benzene rings is 1. The van der Waals surface area contributed by atoms with E-state index in [0.29, 0.717) is 29.3 Å². The molecule has 0 aliphatic rings. The fourth-order valence-corrected chi connectivity index (χ4v) is 3.71. The van der Waals surface area contributed by atoms with Gasteiger partial charge in [-0.2, -0.15) is 4.31 Å². The van der Waals surface area contributed by atoms with Gasteiger partial charge in [-0.25, -0.2) is 8.42 Å². The van der Waals surface area contributed by atoms with Gasteiger partial charge in [0.05, 0.1) is 12.0 Å². The van der Waals surface area contributed by atoms with Gasteiger partial charge in [-0.1, -0.05) is 13.8 Å².